The van der Waals surface area contributed by atoms with Gasteiger partial charge in [-0.2, -0.15) is 0 Å². The first kappa shape index (κ1) is 15.9. The molecule has 0 bridgehead atoms. The Hall–Kier alpha value is -1.44. The van der Waals surface area contributed by atoms with E-state index in [0.717, 1.165) is 5.56 Å². The van der Waals surface area contributed by atoms with Gasteiger partial charge < -0.3 is 9.84 Å². The summed E-state index contributed by atoms with van der Waals surface area (Å²) in [4.78, 5) is 10.5. The molecule has 0 radical (unpaired) electrons. The number of benzene rings is 2. The predicted octanol–water partition coefficient (Wildman–Crippen LogP) is 4.19. The van der Waals surface area contributed by atoms with Crippen LogP contribution in [0.5, 0.6) is 5.75 Å². The van der Waals surface area contributed by atoms with Gasteiger partial charge in [0, 0.05) is 6.07 Å². The van der Waals surface area contributed by atoms with Crippen LogP contribution in [0, 0.1) is 10.1 Å². The van der Waals surface area contributed by atoms with Crippen LogP contribution in [0.1, 0.15) is 11.1 Å². The highest BCUT2D eigenvalue weighted by atomic mass is 79.9. The average molecular weight is 417 g/mol. The molecule has 110 valence electrons. The molecule has 0 fully saturated rings. The van der Waals surface area contributed by atoms with E-state index in [1.165, 1.54) is 6.07 Å². The second kappa shape index (κ2) is 7.02. The van der Waals surface area contributed by atoms with Crippen molar-refractivity contribution in [2.24, 2.45) is 0 Å². The minimum atomic E-state index is -0.433. The van der Waals surface area contributed by atoms with Crippen molar-refractivity contribution in [2.45, 2.75) is 13.2 Å². The fourth-order valence-electron chi connectivity index (χ4n) is 1.80. The molecule has 0 heterocycles. The average Bonchev–Trinajstić information content (AvgIpc) is 2.46. The Morgan fingerprint density at radius 2 is 1.81 bits per heavy atom. The molecule has 2 aromatic carbocycles. The summed E-state index contributed by atoms with van der Waals surface area (Å²) in [6.45, 7) is -0.00549. The third kappa shape index (κ3) is 3.81. The Labute approximate surface area is 138 Å². The molecule has 2 aromatic rings. The van der Waals surface area contributed by atoms with Crippen molar-refractivity contribution in [3.63, 3.8) is 0 Å². The van der Waals surface area contributed by atoms with Crippen LogP contribution in [0.25, 0.3) is 0 Å². The first-order valence-corrected chi connectivity index (χ1v) is 7.55. The number of hydrogen-bond acceptors (Lipinski definition) is 4. The lowest BCUT2D eigenvalue weighted by Gasteiger charge is -2.12. The molecule has 0 aliphatic rings. The Bertz CT molecular complexity index is 653. The molecule has 0 amide bonds. The zero-order chi connectivity index (χ0) is 15.4. The van der Waals surface area contributed by atoms with Gasteiger partial charge in [0.15, 0.2) is 0 Å². The van der Waals surface area contributed by atoms with Crippen molar-refractivity contribution in [1.82, 2.24) is 0 Å². The fourth-order valence-corrected chi connectivity index (χ4v) is 3.31. The number of aliphatic hydroxyl groups excluding tert-OH is 1. The highest BCUT2D eigenvalue weighted by Crippen LogP contribution is 2.35. The highest BCUT2D eigenvalue weighted by Gasteiger charge is 2.15. The summed E-state index contributed by atoms with van der Waals surface area (Å²) in [6, 6.07) is 9.91. The molecule has 0 unspecified atom stereocenters. The van der Waals surface area contributed by atoms with Crippen LogP contribution in [0.15, 0.2) is 45.3 Å². The maximum Gasteiger partial charge on any atom is 0.276 e. The van der Waals surface area contributed by atoms with Gasteiger partial charge in [0.1, 0.15) is 12.4 Å². The molecule has 0 aromatic heterocycles. The van der Waals surface area contributed by atoms with Crippen LogP contribution >= 0.6 is 31.9 Å². The summed E-state index contributed by atoms with van der Waals surface area (Å²) >= 11 is 6.72. The molecule has 0 spiro atoms. The number of nitrogens with zero attached hydrogens (tertiary/aromatic N) is 1. The molecule has 21 heavy (non-hydrogen) atoms. The summed E-state index contributed by atoms with van der Waals surface area (Å²) < 4.78 is 7.00. The smallest absolute Gasteiger partial charge is 0.276 e. The maximum atomic E-state index is 11.0. The lowest BCUT2D eigenvalue weighted by atomic mass is 10.2. The van der Waals surface area contributed by atoms with E-state index in [2.05, 4.69) is 31.9 Å². The van der Waals surface area contributed by atoms with E-state index in [9.17, 15) is 10.1 Å². The zero-order valence-electron chi connectivity index (χ0n) is 10.8. The van der Waals surface area contributed by atoms with E-state index in [1.807, 2.05) is 0 Å². The number of halogens is 2. The van der Waals surface area contributed by atoms with Gasteiger partial charge in [-0.25, -0.2) is 0 Å². The molecular weight excluding hydrogens is 406 g/mol. The van der Waals surface area contributed by atoms with Crippen molar-refractivity contribution in [3.8, 4) is 5.75 Å². The van der Waals surface area contributed by atoms with Gasteiger partial charge in [-0.3, -0.25) is 10.1 Å². The summed E-state index contributed by atoms with van der Waals surface area (Å²) in [5.74, 6) is 0.533. The normalized spacial score (nSPS) is 10.4. The minimum absolute atomic E-state index is 0.0247. The molecule has 5 nitrogen and oxygen atoms in total. The summed E-state index contributed by atoms with van der Waals surface area (Å²) in [5.41, 5.74) is 1.25. The Morgan fingerprint density at radius 3 is 2.38 bits per heavy atom. The molecular formula is C14H11Br2NO4. The van der Waals surface area contributed by atoms with Crippen molar-refractivity contribution < 1.29 is 14.8 Å². The van der Waals surface area contributed by atoms with E-state index >= 15 is 0 Å². The molecule has 0 saturated carbocycles. The van der Waals surface area contributed by atoms with Gasteiger partial charge in [0.25, 0.3) is 5.69 Å². The largest absolute Gasteiger partial charge is 0.486 e. The lowest BCUT2D eigenvalue weighted by Crippen LogP contribution is -2.01. The van der Waals surface area contributed by atoms with Crippen LogP contribution in [-0.2, 0) is 13.2 Å². The molecule has 0 aliphatic carbocycles. The number of hydrogen-bond donors (Lipinski definition) is 1. The monoisotopic (exact) mass is 415 g/mol. The summed E-state index contributed by atoms with van der Waals surface area (Å²) in [6.07, 6.45) is 0. The molecule has 0 saturated heterocycles. The summed E-state index contributed by atoms with van der Waals surface area (Å²) in [5, 5.41) is 20.1. The van der Waals surface area contributed by atoms with Crippen LogP contribution in [0.4, 0.5) is 5.69 Å². The van der Waals surface area contributed by atoms with E-state index in [0.29, 0.717) is 20.3 Å². The molecule has 1 N–H and O–H groups in total. The molecule has 7 heteroatoms. The second-order valence-corrected chi connectivity index (χ2v) is 5.93. The molecule has 2 rings (SSSR count). The number of nitro benzene ring substituents is 1. The van der Waals surface area contributed by atoms with Crippen molar-refractivity contribution in [1.29, 1.82) is 0 Å². The minimum Gasteiger partial charge on any atom is -0.486 e. The first-order chi connectivity index (χ1) is 10.0. The van der Waals surface area contributed by atoms with Gasteiger partial charge >= 0.3 is 0 Å². The Kier molecular flexibility index (Phi) is 5.33. The highest BCUT2D eigenvalue weighted by molar-refractivity contribution is 9.11. The number of nitro groups is 1. The quantitative estimate of drug-likeness (QED) is 0.585. The van der Waals surface area contributed by atoms with Crippen LogP contribution in [0.3, 0.4) is 0 Å². The number of aliphatic hydroxyl groups is 1. The van der Waals surface area contributed by atoms with Crippen LogP contribution < -0.4 is 4.74 Å². The number of rotatable bonds is 5. The maximum absolute atomic E-state index is 11.0. The van der Waals surface area contributed by atoms with Gasteiger partial charge in [-0.15, -0.1) is 0 Å². The van der Waals surface area contributed by atoms with E-state index < -0.39 is 4.92 Å². The van der Waals surface area contributed by atoms with Gasteiger partial charge in [-0.1, -0.05) is 12.1 Å². The van der Waals surface area contributed by atoms with Crippen molar-refractivity contribution >= 4 is 37.5 Å². The number of ether oxygens (including phenoxy) is 1. The Morgan fingerprint density at radius 1 is 1.19 bits per heavy atom. The van der Waals surface area contributed by atoms with Gasteiger partial charge in [0.2, 0.25) is 0 Å². The Balaban J connectivity index is 2.23. The van der Waals surface area contributed by atoms with E-state index in [-0.39, 0.29) is 18.9 Å². The third-order valence-corrected chi connectivity index (χ3v) is 3.98. The van der Waals surface area contributed by atoms with Gasteiger partial charge in [0.05, 0.1) is 26.0 Å². The topological polar surface area (TPSA) is 72.6 Å². The molecule has 0 aliphatic heterocycles. The zero-order valence-corrected chi connectivity index (χ0v) is 13.9. The third-order valence-electron chi connectivity index (χ3n) is 2.80. The van der Waals surface area contributed by atoms with Crippen molar-refractivity contribution in [2.75, 3.05) is 0 Å². The van der Waals surface area contributed by atoms with E-state index in [1.54, 1.807) is 30.3 Å². The molecule has 0 atom stereocenters. The SMILES string of the molecule is O=[N+]([O-])c1ccccc1COc1c(Br)cc(CO)cc1Br. The summed E-state index contributed by atoms with van der Waals surface area (Å²) in [7, 11) is 0. The van der Waals surface area contributed by atoms with Crippen molar-refractivity contribution in [3.05, 3.63) is 66.6 Å². The predicted molar refractivity (Wildman–Crippen MR) is 85.2 cm³/mol. The fraction of sp³-hybridized carbons (Fsp3) is 0.143. The lowest BCUT2D eigenvalue weighted by molar-refractivity contribution is -0.385. The van der Waals surface area contributed by atoms with Gasteiger partial charge in [-0.05, 0) is 55.6 Å². The van der Waals surface area contributed by atoms with E-state index in [4.69, 9.17) is 9.84 Å². The number of para-hydroxylation sites is 1. The first-order valence-electron chi connectivity index (χ1n) is 5.96. The van der Waals surface area contributed by atoms with Crippen LogP contribution in [-0.4, -0.2) is 10.0 Å². The standard InChI is InChI=1S/C14H11Br2NO4/c15-11-5-9(7-18)6-12(16)14(11)21-8-10-3-1-2-4-13(10)17(19)20/h1-6,18H,7-8H2. The van der Waals surface area contributed by atoms with Crippen LogP contribution in [0.2, 0.25) is 0 Å². The second-order valence-electron chi connectivity index (χ2n) is 4.22.